The fourth-order valence-corrected chi connectivity index (χ4v) is 1.32. The largest absolute Gasteiger partial charge is 0.382 e. The van der Waals surface area contributed by atoms with Gasteiger partial charge >= 0.3 is 0 Å². The third kappa shape index (κ3) is 1.98. The van der Waals surface area contributed by atoms with Gasteiger partial charge in [-0.05, 0) is 36.6 Å². The molecule has 0 atom stereocenters. The third-order valence-corrected chi connectivity index (χ3v) is 2.22. The van der Waals surface area contributed by atoms with Crippen molar-refractivity contribution in [2.45, 2.75) is 25.4 Å². The van der Waals surface area contributed by atoms with Crippen molar-refractivity contribution in [2.24, 2.45) is 5.73 Å². The number of halogens is 1. The lowest BCUT2D eigenvalue weighted by Crippen LogP contribution is -2.07. The number of rotatable bonds is 3. The van der Waals surface area contributed by atoms with Crippen LogP contribution in [0.3, 0.4) is 0 Å². The Bertz CT molecular complexity index is 308. The van der Waals surface area contributed by atoms with Gasteiger partial charge in [-0.1, -0.05) is 0 Å². The van der Waals surface area contributed by atoms with E-state index in [9.17, 15) is 4.39 Å². The molecule has 13 heavy (non-hydrogen) atoms. The van der Waals surface area contributed by atoms with Gasteiger partial charge in [0.1, 0.15) is 5.82 Å². The molecule has 0 bridgehead atoms. The first-order valence-electron chi connectivity index (χ1n) is 4.54. The van der Waals surface area contributed by atoms with Crippen LogP contribution in [0.25, 0.3) is 0 Å². The number of nitrogens with one attached hydrogen (secondary N) is 1. The Balaban J connectivity index is 2.21. The Morgan fingerprint density at radius 2 is 2.23 bits per heavy atom. The number of nitrogens with two attached hydrogens (primary N) is 1. The number of hydrogen-bond donors (Lipinski definition) is 2. The molecule has 0 spiro atoms. The van der Waals surface area contributed by atoms with Gasteiger partial charge < -0.3 is 11.1 Å². The number of anilines is 1. The van der Waals surface area contributed by atoms with Gasteiger partial charge in [0.05, 0.1) is 0 Å². The summed E-state index contributed by atoms with van der Waals surface area (Å²) in [6.45, 7) is 0.382. The first-order valence-corrected chi connectivity index (χ1v) is 4.54. The van der Waals surface area contributed by atoms with E-state index < -0.39 is 0 Å². The lowest BCUT2D eigenvalue weighted by molar-refractivity contribution is 0.625. The summed E-state index contributed by atoms with van der Waals surface area (Å²) in [7, 11) is 0. The molecule has 2 nitrogen and oxygen atoms in total. The predicted octanol–water partition coefficient (Wildman–Crippen LogP) is 1.86. The summed E-state index contributed by atoms with van der Waals surface area (Å²) in [5.41, 5.74) is 7.34. The predicted molar refractivity (Wildman–Crippen MR) is 50.9 cm³/mol. The molecule has 0 heterocycles. The van der Waals surface area contributed by atoms with Crippen LogP contribution in [0.2, 0.25) is 0 Å². The van der Waals surface area contributed by atoms with Gasteiger partial charge in [-0.3, -0.25) is 0 Å². The average molecular weight is 180 g/mol. The highest BCUT2D eigenvalue weighted by atomic mass is 19.1. The molecule has 1 aromatic carbocycles. The molecule has 0 aliphatic heterocycles. The van der Waals surface area contributed by atoms with Gasteiger partial charge in [0.25, 0.3) is 0 Å². The smallest absolute Gasteiger partial charge is 0.123 e. The van der Waals surface area contributed by atoms with E-state index in [1.165, 1.54) is 25.0 Å². The second-order valence-electron chi connectivity index (χ2n) is 3.42. The SMILES string of the molecule is NCc1cc(F)ccc1NC1CC1. The van der Waals surface area contributed by atoms with E-state index in [1.54, 1.807) is 6.07 Å². The van der Waals surface area contributed by atoms with Crippen LogP contribution in [0.5, 0.6) is 0 Å². The molecule has 3 N–H and O–H groups in total. The highest BCUT2D eigenvalue weighted by Crippen LogP contribution is 2.26. The Labute approximate surface area is 76.9 Å². The highest BCUT2D eigenvalue weighted by Gasteiger charge is 2.21. The summed E-state index contributed by atoms with van der Waals surface area (Å²) in [5, 5.41) is 3.32. The van der Waals surface area contributed by atoms with E-state index >= 15 is 0 Å². The normalized spacial score (nSPS) is 15.8. The van der Waals surface area contributed by atoms with Gasteiger partial charge in [0.15, 0.2) is 0 Å². The first-order chi connectivity index (χ1) is 6.29. The zero-order chi connectivity index (χ0) is 9.26. The fourth-order valence-electron chi connectivity index (χ4n) is 1.32. The number of benzene rings is 1. The maximum Gasteiger partial charge on any atom is 0.123 e. The third-order valence-electron chi connectivity index (χ3n) is 2.22. The molecule has 0 saturated heterocycles. The van der Waals surface area contributed by atoms with Crippen LogP contribution in [0.15, 0.2) is 18.2 Å². The fraction of sp³-hybridized carbons (Fsp3) is 0.400. The minimum atomic E-state index is -0.221. The summed E-state index contributed by atoms with van der Waals surface area (Å²) in [4.78, 5) is 0. The minimum absolute atomic E-state index is 0.221. The first kappa shape index (κ1) is 8.51. The van der Waals surface area contributed by atoms with Crippen molar-refractivity contribution < 1.29 is 4.39 Å². The highest BCUT2D eigenvalue weighted by molar-refractivity contribution is 5.52. The van der Waals surface area contributed by atoms with Gasteiger partial charge in [0, 0.05) is 18.3 Å². The molecular formula is C10H13FN2. The summed E-state index contributed by atoms with van der Waals surface area (Å²) < 4.78 is 12.8. The standard InChI is InChI=1S/C10H13FN2/c11-8-1-4-10(7(5-8)6-12)13-9-2-3-9/h1,4-5,9,13H,2-3,6,12H2. The zero-order valence-corrected chi connectivity index (χ0v) is 7.39. The zero-order valence-electron chi connectivity index (χ0n) is 7.39. The van der Waals surface area contributed by atoms with Crippen LogP contribution in [0.1, 0.15) is 18.4 Å². The van der Waals surface area contributed by atoms with Crippen LogP contribution in [0, 0.1) is 5.82 Å². The monoisotopic (exact) mass is 180 g/mol. The van der Waals surface area contributed by atoms with Gasteiger partial charge in [0.2, 0.25) is 0 Å². The Hall–Kier alpha value is -1.09. The van der Waals surface area contributed by atoms with Gasteiger partial charge in [-0.15, -0.1) is 0 Å². The average Bonchev–Trinajstić information content (AvgIpc) is 2.92. The lowest BCUT2D eigenvalue weighted by Gasteiger charge is -2.09. The molecule has 1 aliphatic rings. The van der Waals surface area contributed by atoms with Crippen molar-refractivity contribution in [1.29, 1.82) is 0 Å². The Morgan fingerprint density at radius 1 is 1.46 bits per heavy atom. The molecule has 1 aromatic rings. The molecule has 1 saturated carbocycles. The molecule has 3 heteroatoms. The van der Waals surface area contributed by atoms with Crippen LogP contribution < -0.4 is 11.1 Å². The molecular weight excluding hydrogens is 167 g/mol. The maximum absolute atomic E-state index is 12.8. The van der Waals surface area contributed by atoms with Gasteiger partial charge in [-0.25, -0.2) is 4.39 Å². The van der Waals surface area contributed by atoms with Crippen molar-refractivity contribution in [3.8, 4) is 0 Å². The molecule has 1 aliphatic carbocycles. The molecule has 0 aromatic heterocycles. The van der Waals surface area contributed by atoms with E-state index in [2.05, 4.69) is 5.32 Å². The van der Waals surface area contributed by atoms with E-state index in [0.29, 0.717) is 12.6 Å². The summed E-state index contributed by atoms with van der Waals surface area (Å²) in [6.07, 6.45) is 2.42. The molecule has 0 radical (unpaired) electrons. The van der Waals surface area contributed by atoms with E-state index in [4.69, 9.17) is 5.73 Å². The van der Waals surface area contributed by atoms with Crippen molar-refractivity contribution >= 4 is 5.69 Å². The van der Waals surface area contributed by atoms with Crippen molar-refractivity contribution in [3.05, 3.63) is 29.6 Å². The maximum atomic E-state index is 12.8. The quantitative estimate of drug-likeness (QED) is 0.745. The van der Waals surface area contributed by atoms with Crippen molar-refractivity contribution in [2.75, 3.05) is 5.32 Å². The summed E-state index contributed by atoms with van der Waals surface area (Å²) >= 11 is 0. The van der Waals surface area contributed by atoms with Crippen LogP contribution in [0.4, 0.5) is 10.1 Å². The topological polar surface area (TPSA) is 38.0 Å². The number of hydrogen-bond acceptors (Lipinski definition) is 2. The van der Waals surface area contributed by atoms with E-state index in [-0.39, 0.29) is 5.82 Å². The Kier molecular flexibility index (Phi) is 2.19. The minimum Gasteiger partial charge on any atom is -0.382 e. The molecule has 2 rings (SSSR count). The molecule has 0 amide bonds. The second-order valence-corrected chi connectivity index (χ2v) is 3.42. The summed E-state index contributed by atoms with van der Waals surface area (Å²) in [5.74, 6) is -0.221. The summed E-state index contributed by atoms with van der Waals surface area (Å²) in [6, 6.07) is 5.29. The van der Waals surface area contributed by atoms with Gasteiger partial charge in [-0.2, -0.15) is 0 Å². The van der Waals surface area contributed by atoms with E-state index in [0.717, 1.165) is 11.3 Å². The second kappa shape index (κ2) is 3.34. The molecule has 0 unspecified atom stereocenters. The van der Waals surface area contributed by atoms with Crippen molar-refractivity contribution in [1.82, 2.24) is 0 Å². The van der Waals surface area contributed by atoms with Crippen LogP contribution in [-0.4, -0.2) is 6.04 Å². The Morgan fingerprint density at radius 3 is 2.85 bits per heavy atom. The lowest BCUT2D eigenvalue weighted by atomic mass is 10.1. The molecule has 1 fully saturated rings. The van der Waals surface area contributed by atoms with Crippen LogP contribution >= 0.6 is 0 Å². The van der Waals surface area contributed by atoms with Crippen molar-refractivity contribution in [3.63, 3.8) is 0 Å². The van der Waals surface area contributed by atoms with E-state index in [1.807, 2.05) is 0 Å². The molecule has 70 valence electrons. The van der Waals surface area contributed by atoms with Crippen LogP contribution in [-0.2, 0) is 6.54 Å².